The van der Waals surface area contributed by atoms with Crippen molar-refractivity contribution in [3.05, 3.63) is 35.9 Å². The van der Waals surface area contributed by atoms with Crippen LogP contribution in [0.25, 0.3) is 0 Å². The predicted molar refractivity (Wildman–Crippen MR) is 78.7 cm³/mol. The molecule has 0 aromatic carbocycles. The zero-order valence-corrected chi connectivity index (χ0v) is 12.0. The van der Waals surface area contributed by atoms with Crippen LogP contribution < -0.4 is 15.5 Å². The fourth-order valence-corrected chi connectivity index (χ4v) is 2.14. The molecule has 3 rings (SSSR count). The Labute approximate surface area is 126 Å². The van der Waals surface area contributed by atoms with Crippen LogP contribution in [-0.2, 0) is 4.79 Å². The van der Waals surface area contributed by atoms with E-state index in [1.807, 2.05) is 4.90 Å². The molecule has 3 heterocycles. The number of piperazine rings is 1. The molecule has 2 N–H and O–H groups in total. The number of aryl methyl sites for hydroxylation is 1. The summed E-state index contributed by atoms with van der Waals surface area (Å²) in [5.74, 6) is 0.441. The average Bonchev–Trinajstić information content (AvgIpc) is 2.95. The van der Waals surface area contributed by atoms with Gasteiger partial charge in [0.2, 0.25) is 11.7 Å². The number of anilines is 2. The topological polar surface area (TPSA) is 100 Å². The van der Waals surface area contributed by atoms with Gasteiger partial charge in [-0.2, -0.15) is 0 Å². The molecule has 0 radical (unpaired) electrons. The van der Waals surface area contributed by atoms with Gasteiger partial charge < -0.3 is 20.1 Å². The number of nitrogens with zero attached hydrogens (tertiary/aromatic N) is 3. The number of nitrogens with one attached hydrogen (secondary N) is 2. The number of hydrogen-bond donors (Lipinski definition) is 2. The molecule has 2 aromatic heterocycles. The summed E-state index contributed by atoms with van der Waals surface area (Å²) in [5, 5.41) is 9.10. The van der Waals surface area contributed by atoms with Gasteiger partial charge in [0.15, 0.2) is 0 Å². The first kappa shape index (κ1) is 14.1. The third kappa shape index (κ3) is 3.05. The van der Waals surface area contributed by atoms with Gasteiger partial charge in [0.1, 0.15) is 5.82 Å². The van der Waals surface area contributed by atoms with Crippen LogP contribution in [-0.4, -0.2) is 41.6 Å². The smallest absolute Gasteiger partial charge is 0.294 e. The van der Waals surface area contributed by atoms with E-state index in [9.17, 15) is 9.59 Å². The van der Waals surface area contributed by atoms with E-state index < -0.39 is 0 Å². The van der Waals surface area contributed by atoms with E-state index in [-0.39, 0.29) is 24.1 Å². The van der Waals surface area contributed by atoms with Gasteiger partial charge in [0.25, 0.3) is 5.91 Å². The average molecular weight is 301 g/mol. The van der Waals surface area contributed by atoms with Crippen LogP contribution in [0.2, 0.25) is 0 Å². The van der Waals surface area contributed by atoms with E-state index in [0.29, 0.717) is 30.3 Å². The van der Waals surface area contributed by atoms with Crippen LogP contribution in [0.3, 0.4) is 0 Å². The molecule has 0 spiro atoms. The zero-order valence-electron chi connectivity index (χ0n) is 12.0. The molecule has 0 bridgehead atoms. The van der Waals surface area contributed by atoms with Crippen molar-refractivity contribution in [2.45, 2.75) is 6.92 Å². The second kappa shape index (κ2) is 5.84. The van der Waals surface area contributed by atoms with Crippen LogP contribution in [0.1, 0.15) is 16.2 Å². The zero-order chi connectivity index (χ0) is 15.5. The summed E-state index contributed by atoms with van der Waals surface area (Å²) >= 11 is 0. The van der Waals surface area contributed by atoms with Gasteiger partial charge in [-0.25, -0.2) is 4.98 Å². The highest BCUT2D eigenvalue weighted by atomic mass is 16.5. The van der Waals surface area contributed by atoms with Crippen molar-refractivity contribution in [1.82, 2.24) is 15.5 Å². The molecule has 114 valence electrons. The first-order chi connectivity index (χ1) is 10.6. The number of amides is 2. The minimum absolute atomic E-state index is 0.0221. The van der Waals surface area contributed by atoms with Gasteiger partial charge in [0, 0.05) is 19.2 Å². The molecule has 1 aliphatic rings. The number of hydrogen-bond acceptors (Lipinski definition) is 6. The number of pyridine rings is 1. The highest BCUT2D eigenvalue weighted by Crippen LogP contribution is 2.15. The Hall–Kier alpha value is -2.90. The summed E-state index contributed by atoms with van der Waals surface area (Å²) in [7, 11) is 0. The molecule has 1 aliphatic heterocycles. The first-order valence-electron chi connectivity index (χ1n) is 6.84. The van der Waals surface area contributed by atoms with E-state index >= 15 is 0 Å². The fraction of sp³-hybridized carbons (Fsp3) is 0.286. The third-order valence-corrected chi connectivity index (χ3v) is 3.22. The molecule has 1 fully saturated rings. The number of rotatable bonds is 3. The lowest BCUT2D eigenvalue weighted by molar-refractivity contribution is -0.120. The summed E-state index contributed by atoms with van der Waals surface area (Å²) in [5.41, 5.74) is 1.19. The van der Waals surface area contributed by atoms with Gasteiger partial charge in [-0.05, 0) is 19.1 Å². The highest BCUT2D eigenvalue weighted by Gasteiger charge is 2.17. The summed E-state index contributed by atoms with van der Waals surface area (Å²) in [6, 6.07) is 5.05. The molecular weight excluding hydrogens is 286 g/mol. The lowest BCUT2D eigenvalue weighted by atomic mass is 10.3. The Morgan fingerprint density at radius 1 is 1.45 bits per heavy atom. The van der Waals surface area contributed by atoms with E-state index in [0.717, 1.165) is 0 Å². The van der Waals surface area contributed by atoms with Crippen molar-refractivity contribution in [2.75, 3.05) is 29.9 Å². The highest BCUT2D eigenvalue weighted by molar-refractivity contribution is 6.02. The van der Waals surface area contributed by atoms with Gasteiger partial charge >= 0.3 is 0 Å². The van der Waals surface area contributed by atoms with Crippen molar-refractivity contribution < 1.29 is 14.1 Å². The van der Waals surface area contributed by atoms with E-state index in [1.54, 1.807) is 31.3 Å². The Morgan fingerprint density at radius 3 is 2.95 bits per heavy atom. The molecule has 0 unspecified atom stereocenters. The number of carbonyl (C=O) groups excluding carboxylic acids is 2. The Balaban J connectivity index is 1.66. The molecule has 2 amide bonds. The predicted octanol–water partition coefficient (Wildman–Crippen LogP) is 0.567. The van der Waals surface area contributed by atoms with Crippen molar-refractivity contribution in [3.63, 3.8) is 0 Å². The molecular formula is C14H15N5O3. The summed E-state index contributed by atoms with van der Waals surface area (Å²) in [6.45, 7) is 3.34. The molecule has 0 atom stereocenters. The SMILES string of the molecule is Cc1cc(C(=O)Nc2ccc(N3CCNC(=O)C3)nc2)on1. The van der Waals surface area contributed by atoms with Crippen molar-refractivity contribution in [1.29, 1.82) is 0 Å². The maximum Gasteiger partial charge on any atom is 0.294 e. The largest absolute Gasteiger partial charge is 0.353 e. The van der Waals surface area contributed by atoms with Crippen molar-refractivity contribution in [2.24, 2.45) is 0 Å². The van der Waals surface area contributed by atoms with E-state index in [1.165, 1.54) is 0 Å². The van der Waals surface area contributed by atoms with Gasteiger partial charge in [-0.15, -0.1) is 0 Å². The third-order valence-electron chi connectivity index (χ3n) is 3.22. The standard InChI is InChI=1S/C14H15N5O3/c1-9-6-11(22-18-9)14(21)17-10-2-3-12(16-7-10)19-5-4-15-13(20)8-19/h2-3,6-7H,4-5,8H2,1H3,(H,15,20)(H,17,21). The minimum Gasteiger partial charge on any atom is -0.353 e. The molecule has 1 saturated heterocycles. The monoisotopic (exact) mass is 301 g/mol. The van der Waals surface area contributed by atoms with Crippen molar-refractivity contribution in [3.8, 4) is 0 Å². The normalized spacial score (nSPS) is 14.6. The molecule has 0 aliphatic carbocycles. The minimum atomic E-state index is -0.382. The Morgan fingerprint density at radius 2 is 2.32 bits per heavy atom. The first-order valence-corrected chi connectivity index (χ1v) is 6.84. The maximum absolute atomic E-state index is 11.9. The van der Waals surface area contributed by atoms with Crippen LogP contribution in [0.5, 0.6) is 0 Å². The summed E-state index contributed by atoms with van der Waals surface area (Å²) < 4.78 is 4.89. The summed E-state index contributed by atoms with van der Waals surface area (Å²) in [4.78, 5) is 29.4. The Bertz CT molecular complexity index is 695. The number of carbonyl (C=O) groups is 2. The second-order valence-electron chi connectivity index (χ2n) is 4.96. The van der Waals surface area contributed by atoms with Gasteiger partial charge in [-0.1, -0.05) is 5.16 Å². The molecule has 0 saturated carbocycles. The molecule has 22 heavy (non-hydrogen) atoms. The quantitative estimate of drug-likeness (QED) is 0.859. The van der Waals surface area contributed by atoms with Crippen LogP contribution in [0, 0.1) is 6.92 Å². The lowest BCUT2D eigenvalue weighted by Crippen LogP contribution is -2.48. The van der Waals surface area contributed by atoms with Crippen LogP contribution in [0.4, 0.5) is 11.5 Å². The van der Waals surface area contributed by atoms with E-state index in [4.69, 9.17) is 4.52 Å². The second-order valence-corrected chi connectivity index (χ2v) is 4.96. The van der Waals surface area contributed by atoms with Gasteiger partial charge in [-0.3, -0.25) is 9.59 Å². The number of aromatic nitrogens is 2. The van der Waals surface area contributed by atoms with Crippen molar-refractivity contribution >= 4 is 23.3 Å². The van der Waals surface area contributed by atoms with Crippen LogP contribution in [0.15, 0.2) is 28.9 Å². The fourth-order valence-electron chi connectivity index (χ4n) is 2.14. The van der Waals surface area contributed by atoms with E-state index in [2.05, 4.69) is 20.8 Å². The maximum atomic E-state index is 11.9. The summed E-state index contributed by atoms with van der Waals surface area (Å²) in [6.07, 6.45) is 1.54. The van der Waals surface area contributed by atoms with Crippen LogP contribution >= 0.6 is 0 Å². The Kier molecular flexibility index (Phi) is 3.73. The molecule has 8 nitrogen and oxygen atoms in total. The molecule has 2 aromatic rings. The van der Waals surface area contributed by atoms with Gasteiger partial charge in [0.05, 0.1) is 24.1 Å². The molecule has 8 heteroatoms. The lowest BCUT2D eigenvalue weighted by Gasteiger charge is -2.27.